The largest absolute Gasteiger partial charge is 0.493 e. The summed E-state index contributed by atoms with van der Waals surface area (Å²) in [4.78, 5) is 24.0. The Morgan fingerprint density at radius 1 is 1.00 bits per heavy atom. The molecule has 1 amide bonds. The topological polar surface area (TPSA) is 73.9 Å². The van der Waals surface area contributed by atoms with Gasteiger partial charge in [0.05, 0.1) is 26.7 Å². The fourth-order valence-corrected chi connectivity index (χ4v) is 2.42. The van der Waals surface area contributed by atoms with Crippen LogP contribution in [-0.2, 0) is 14.3 Å². The summed E-state index contributed by atoms with van der Waals surface area (Å²) in [5.41, 5.74) is 1.92. The van der Waals surface area contributed by atoms with Crippen molar-refractivity contribution >= 4 is 11.9 Å². The maximum absolute atomic E-state index is 12.3. The lowest BCUT2D eigenvalue weighted by molar-refractivity contribution is -0.141. The molecule has 0 radical (unpaired) electrons. The van der Waals surface area contributed by atoms with E-state index in [4.69, 9.17) is 14.2 Å². The van der Waals surface area contributed by atoms with Crippen LogP contribution in [0.3, 0.4) is 0 Å². The van der Waals surface area contributed by atoms with E-state index >= 15 is 0 Å². The number of para-hydroxylation sites is 2. The fraction of sp³-hybridized carbons (Fsp3) is 0.300. The third kappa shape index (κ3) is 5.51. The highest BCUT2D eigenvalue weighted by molar-refractivity contribution is 5.79. The van der Waals surface area contributed by atoms with Crippen LogP contribution in [0, 0.1) is 6.92 Å². The number of methoxy groups -OCH3 is 2. The number of esters is 1. The Balaban J connectivity index is 2.03. The summed E-state index contributed by atoms with van der Waals surface area (Å²) in [6.07, 6.45) is 0.0416. The van der Waals surface area contributed by atoms with E-state index in [1.165, 1.54) is 14.2 Å². The second kappa shape index (κ2) is 9.46. The number of rotatable bonds is 8. The average molecular weight is 357 g/mol. The van der Waals surface area contributed by atoms with Crippen LogP contribution in [-0.4, -0.2) is 32.7 Å². The van der Waals surface area contributed by atoms with E-state index in [0.717, 1.165) is 11.1 Å². The molecular formula is C20H23NO5. The predicted octanol–water partition coefficient (Wildman–Crippen LogP) is 2.80. The Hall–Kier alpha value is -3.02. The molecule has 0 aliphatic rings. The molecule has 0 saturated carbocycles. The van der Waals surface area contributed by atoms with Gasteiger partial charge >= 0.3 is 5.97 Å². The molecule has 1 N–H and O–H groups in total. The van der Waals surface area contributed by atoms with E-state index in [0.29, 0.717) is 11.5 Å². The summed E-state index contributed by atoms with van der Waals surface area (Å²) < 4.78 is 15.4. The first-order chi connectivity index (χ1) is 12.5. The molecule has 2 aromatic carbocycles. The third-order valence-corrected chi connectivity index (χ3v) is 3.84. The van der Waals surface area contributed by atoms with E-state index in [-0.39, 0.29) is 18.9 Å². The number of carbonyl (C=O) groups excluding carboxylic acids is 2. The van der Waals surface area contributed by atoms with E-state index in [1.54, 1.807) is 18.2 Å². The standard InChI is InChI=1S/C20H23NO5/c1-14-8-10-15(11-9-14)16(12-20(23)25-3)21-19(22)13-26-18-7-5-4-6-17(18)24-2/h4-11,16H,12-13H2,1-3H3,(H,21,22). The molecule has 0 aromatic heterocycles. The first-order valence-electron chi connectivity index (χ1n) is 8.22. The summed E-state index contributed by atoms with van der Waals surface area (Å²) in [5, 5.41) is 2.82. The number of benzene rings is 2. The van der Waals surface area contributed by atoms with Crippen LogP contribution in [0.4, 0.5) is 0 Å². The molecule has 26 heavy (non-hydrogen) atoms. The zero-order valence-electron chi connectivity index (χ0n) is 15.2. The molecule has 0 fully saturated rings. The number of nitrogens with one attached hydrogen (secondary N) is 1. The smallest absolute Gasteiger partial charge is 0.307 e. The molecule has 6 nitrogen and oxygen atoms in total. The van der Waals surface area contributed by atoms with Crippen LogP contribution in [0.25, 0.3) is 0 Å². The quantitative estimate of drug-likeness (QED) is 0.736. The van der Waals surface area contributed by atoms with Gasteiger partial charge in [0, 0.05) is 0 Å². The van der Waals surface area contributed by atoms with Gasteiger partial charge in [-0.2, -0.15) is 0 Å². The molecule has 0 spiro atoms. The normalized spacial score (nSPS) is 11.3. The Morgan fingerprint density at radius 3 is 2.27 bits per heavy atom. The molecular weight excluding hydrogens is 334 g/mol. The molecule has 0 bridgehead atoms. The first kappa shape index (κ1) is 19.3. The molecule has 138 valence electrons. The molecule has 1 unspecified atom stereocenters. The minimum atomic E-state index is -0.489. The monoisotopic (exact) mass is 357 g/mol. The molecule has 2 aromatic rings. The zero-order valence-corrected chi connectivity index (χ0v) is 15.2. The lowest BCUT2D eigenvalue weighted by Gasteiger charge is -2.19. The summed E-state index contributed by atoms with van der Waals surface area (Å²) in [6.45, 7) is 1.78. The van der Waals surface area contributed by atoms with E-state index in [2.05, 4.69) is 5.32 Å². The van der Waals surface area contributed by atoms with Gasteiger partial charge in [0.2, 0.25) is 0 Å². The lowest BCUT2D eigenvalue weighted by atomic mass is 10.0. The third-order valence-electron chi connectivity index (χ3n) is 3.84. The van der Waals surface area contributed by atoms with Crippen LogP contribution in [0.1, 0.15) is 23.6 Å². The van der Waals surface area contributed by atoms with Crippen molar-refractivity contribution in [2.75, 3.05) is 20.8 Å². The van der Waals surface area contributed by atoms with Crippen LogP contribution >= 0.6 is 0 Å². The van der Waals surface area contributed by atoms with Crippen molar-refractivity contribution in [2.24, 2.45) is 0 Å². The number of carbonyl (C=O) groups is 2. The number of hydrogen-bond acceptors (Lipinski definition) is 5. The number of hydrogen-bond donors (Lipinski definition) is 1. The van der Waals surface area contributed by atoms with Gasteiger partial charge in [-0.05, 0) is 24.6 Å². The average Bonchev–Trinajstić information content (AvgIpc) is 2.66. The van der Waals surface area contributed by atoms with Crippen LogP contribution in [0.5, 0.6) is 11.5 Å². The lowest BCUT2D eigenvalue weighted by Crippen LogP contribution is -2.34. The highest BCUT2D eigenvalue weighted by atomic mass is 16.5. The summed E-state index contributed by atoms with van der Waals surface area (Å²) in [5.74, 6) is 0.279. The van der Waals surface area contributed by atoms with Crippen molar-refractivity contribution in [3.63, 3.8) is 0 Å². The van der Waals surface area contributed by atoms with Gasteiger partial charge in [0.15, 0.2) is 18.1 Å². The Bertz CT molecular complexity index is 742. The Morgan fingerprint density at radius 2 is 1.65 bits per heavy atom. The van der Waals surface area contributed by atoms with E-state index < -0.39 is 12.0 Å². The Labute approximate surface area is 153 Å². The van der Waals surface area contributed by atoms with E-state index in [1.807, 2.05) is 37.3 Å². The van der Waals surface area contributed by atoms with Gasteiger partial charge in [0.25, 0.3) is 5.91 Å². The maximum Gasteiger partial charge on any atom is 0.307 e. The SMILES string of the molecule is COC(=O)CC(NC(=O)COc1ccccc1OC)c1ccc(C)cc1. The molecule has 6 heteroatoms. The van der Waals surface area contributed by atoms with Gasteiger partial charge in [-0.3, -0.25) is 9.59 Å². The summed E-state index contributed by atoms with van der Waals surface area (Å²) in [6, 6.07) is 14.2. The molecule has 2 rings (SSSR count). The molecule has 1 atom stereocenters. The van der Waals surface area contributed by atoms with Crippen LogP contribution < -0.4 is 14.8 Å². The van der Waals surface area contributed by atoms with Crippen LogP contribution in [0.15, 0.2) is 48.5 Å². The van der Waals surface area contributed by atoms with Crippen molar-refractivity contribution in [3.8, 4) is 11.5 Å². The zero-order chi connectivity index (χ0) is 18.9. The Kier molecular flexibility index (Phi) is 7.02. The van der Waals surface area contributed by atoms with Gasteiger partial charge < -0.3 is 19.5 Å². The number of ether oxygens (including phenoxy) is 3. The highest BCUT2D eigenvalue weighted by Gasteiger charge is 2.19. The second-order valence-electron chi connectivity index (χ2n) is 5.75. The van der Waals surface area contributed by atoms with Crippen molar-refractivity contribution in [1.29, 1.82) is 0 Å². The second-order valence-corrected chi connectivity index (χ2v) is 5.75. The summed E-state index contributed by atoms with van der Waals surface area (Å²) >= 11 is 0. The summed E-state index contributed by atoms with van der Waals surface area (Å²) in [7, 11) is 2.85. The minimum Gasteiger partial charge on any atom is -0.493 e. The maximum atomic E-state index is 12.3. The van der Waals surface area contributed by atoms with Crippen LogP contribution in [0.2, 0.25) is 0 Å². The van der Waals surface area contributed by atoms with Gasteiger partial charge in [-0.25, -0.2) is 0 Å². The van der Waals surface area contributed by atoms with Crippen molar-refractivity contribution < 1.29 is 23.8 Å². The van der Waals surface area contributed by atoms with Gasteiger partial charge in [0.1, 0.15) is 0 Å². The van der Waals surface area contributed by atoms with Crippen molar-refractivity contribution in [1.82, 2.24) is 5.32 Å². The molecule has 0 aliphatic heterocycles. The van der Waals surface area contributed by atoms with Gasteiger partial charge in [-0.15, -0.1) is 0 Å². The molecule has 0 saturated heterocycles. The first-order valence-corrected chi connectivity index (χ1v) is 8.22. The number of amides is 1. The molecule has 0 heterocycles. The van der Waals surface area contributed by atoms with Gasteiger partial charge in [-0.1, -0.05) is 42.0 Å². The van der Waals surface area contributed by atoms with Crippen molar-refractivity contribution in [3.05, 3.63) is 59.7 Å². The molecule has 0 aliphatic carbocycles. The minimum absolute atomic E-state index is 0.0416. The van der Waals surface area contributed by atoms with Crippen molar-refractivity contribution in [2.45, 2.75) is 19.4 Å². The van der Waals surface area contributed by atoms with E-state index in [9.17, 15) is 9.59 Å². The highest BCUT2D eigenvalue weighted by Crippen LogP contribution is 2.25. The number of aryl methyl sites for hydroxylation is 1. The fourth-order valence-electron chi connectivity index (χ4n) is 2.42. The predicted molar refractivity (Wildman–Crippen MR) is 97.2 cm³/mol.